The lowest BCUT2D eigenvalue weighted by molar-refractivity contribution is 0.0560. The highest BCUT2D eigenvalue weighted by Gasteiger charge is 2.04. The summed E-state index contributed by atoms with van der Waals surface area (Å²) in [6, 6.07) is 0. The fraction of sp³-hybridized carbons (Fsp3) is 0.667. The van der Waals surface area contributed by atoms with E-state index in [9.17, 15) is 8.78 Å². The predicted molar refractivity (Wildman–Crippen MR) is 37.4 cm³/mol. The molecule has 0 bridgehead atoms. The summed E-state index contributed by atoms with van der Waals surface area (Å²) in [6.45, 7) is 2.98. The van der Waals surface area contributed by atoms with Crippen LogP contribution in [-0.2, 0) is 0 Å². The van der Waals surface area contributed by atoms with Crippen molar-refractivity contribution in [3.05, 3.63) is 12.2 Å². The molecule has 0 aliphatic heterocycles. The van der Waals surface area contributed by atoms with Crippen LogP contribution < -0.4 is 0 Å². The van der Waals surface area contributed by atoms with Crippen LogP contribution in [0, 0.1) is 6.92 Å². The summed E-state index contributed by atoms with van der Waals surface area (Å²) in [5.41, 5.74) is 0. The van der Waals surface area contributed by atoms with Gasteiger partial charge in [-0.25, -0.2) is 4.98 Å². The van der Waals surface area contributed by atoms with Crippen LogP contribution in [-0.4, -0.2) is 14.8 Å². The molecule has 11 heavy (non-hydrogen) atoms. The first kappa shape index (κ1) is 10.0. The lowest BCUT2D eigenvalue weighted by atomic mass is 10.8. The number of alkyl halides is 2. The minimum atomic E-state index is -2.58. The summed E-state index contributed by atoms with van der Waals surface area (Å²) in [5, 5.41) is 3.37. The van der Waals surface area contributed by atoms with Crippen molar-refractivity contribution in [1.29, 1.82) is 0 Å². The van der Waals surface area contributed by atoms with Crippen molar-refractivity contribution >= 4 is 0 Å². The third kappa shape index (κ3) is 3.06. The first-order valence-corrected chi connectivity index (χ1v) is 3.36. The number of hydrogen-bond donors (Lipinski definition) is 0. The Morgan fingerprint density at radius 2 is 2.00 bits per heavy atom. The zero-order valence-electron chi connectivity index (χ0n) is 6.75. The molecule has 1 rings (SSSR count). The number of halogens is 2. The minimum Gasteiger partial charge on any atom is -0.220 e. The van der Waals surface area contributed by atoms with Crippen LogP contribution in [0.5, 0.6) is 0 Å². The van der Waals surface area contributed by atoms with E-state index in [0.717, 1.165) is 6.33 Å². The molecule has 0 saturated heterocycles. The van der Waals surface area contributed by atoms with Gasteiger partial charge in [0.1, 0.15) is 12.2 Å². The average Bonchev–Trinajstić information content (AvgIpc) is 2.40. The van der Waals surface area contributed by atoms with Crippen molar-refractivity contribution in [1.82, 2.24) is 14.8 Å². The van der Waals surface area contributed by atoms with Gasteiger partial charge in [-0.15, -0.1) is 0 Å². The molecule has 0 aliphatic carbocycles. The van der Waals surface area contributed by atoms with Crippen LogP contribution in [0.25, 0.3) is 0 Å². The molecule has 0 aromatic carbocycles. The van der Waals surface area contributed by atoms with Gasteiger partial charge < -0.3 is 0 Å². The van der Waals surface area contributed by atoms with Gasteiger partial charge in [-0.05, 0) is 6.92 Å². The van der Waals surface area contributed by atoms with E-state index in [1.807, 2.05) is 13.8 Å². The van der Waals surface area contributed by atoms with E-state index in [2.05, 4.69) is 10.1 Å². The van der Waals surface area contributed by atoms with E-state index in [4.69, 9.17) is 0 Å². The van der Waals surface area contributed by atoms with Crippen LogP contribution in [0.15, 0.2) is 6.33 Å². The fourth-order valence-electron chi connectivity index (χ4n) is 0.455. The van der Waals surface area contributed by atoms with Crippen molar-refractivity contribution in [2.45, 2.75) is 27.3 Å². The Kier molecular flexibility index (Phi) is 4.33. The lowest BCUT2D eigenvalue weighted by Gasteiger charge is -1.92. The molecule has 0 saturated carbocycles. The van der Waals surface area contributed by atoms with Crippen LogP contribution in [0.1, 0.15) is 26.2 Å². The minimum absolute atomic E-state index is 0.357. The molecular formula is C6H11F2N3. The van der Waals surface area contributed by atoms with Gasteiger partial charge in [0.05, 0.1) is 0 Å². The molecule has 3 nitrogen and oxygen atoms in total. The van der Waals surface area contributed by atoms with Gasteiger partial charge in [0.2, 0.25) is 0 Å². The van der Waals surface area contributed by atoms with E-state index < -0.39 is 6.55 Å². The third-order valence-electron chi connectivity index (χ3n) is 0.823. The molecule has 0 aliphatic rings. The van der Waals surface area contributed by atoms with Gasteiger partial charge in [0.15, 0.2) is 0 Å². The Balaban J connectivity index is 0.000000461. The molecule has 0 amide bonds. The van der Waals surface area contributed by atoms with Crippen LogP contribution in [0.3, 0.4) is 0 Å². The number of aryl methyl sites for hydroxylation is 1. The van der Waals surface area contributed by atoms with Crippen molar-refractivity contribution in [2.24, 2.45) is 0 Å². The molecule has 1 aromatic heterocycles. The quantitative estimate of drug-likeness (QED) is 0.634. The molecule has 0 radical (unpaired) electrons. The molecule has 5 heteroatoms. The Labute approximate surface area is 64.1 Å². The highest BCUT2D eigenvalue weighted by Crippen LogP contribution is 2.05. The first-order chi connectivity index (χ1) is 5.20. The molecule has 0 spiro atoms. The topological polar surface area (TPSA) is 30.7 Å². The van der Waals surface area contributed by atoms with E-state index in [0.29, 0.717) is 10.5 Å². The maximum Gasteiger partial charge on any atom is 0.334 e. The summed E-state index contributed by atoms with van der Waals surface area (Å²) < 4.78 is 23.8. The molecule has 1 aromatic rings. The molecule has 1 heterocycles. The van der Waals surface area contributed by atoms with Crippen molar-refractivity contribution in [3.63, 3.8) is 0 Å². The van der Waals surface area contributed by atoms with E-state index in [1.54, 1.807) is 6.92 Å². The monoisotopic (exact) mass is 163 g/mol. The largest absolute Gasteiger partial charge is 0.334 e. The van der Waals surface area contributed by atoms with Crippen molar-refractivity contribution in [2.75, 3.05) is 0 Å². The Bertz CT molecular complexity index is 197. The van der Waals surface area contributed by atoms with Crippen molar-refractivity contribution < 1.29 is 8.78 Å². The zero-order valence-corrected chi connectivity index (χ0v) is 6.75. The SMILES string of the molecule is CC.Cc1ncn(C(F)F)n1. The van der Waals surface area contributed by atoms with Crippen LogP contribution in [0.2, 0.25) is 0 Å². The second kappa shape index (κ2) is 4.76. The normalized spacial score (nSPS) is 9.27. The van der Waals surface area contributed by atoms with Gasteiger partial charge in [0, 0.05) is 0 Å². The second-order valence-electron chi connectivity index (χ2n) is 1.55. The number of rotatable bonds is 1. The Hall–Kier alpha value is -1.00. The van der Waals surface area contributed by atoms with E-state index >= 15 is 0 Å². The Morgan fingerprint density at radius 3 is 2.18 bits per heavy atom. The Morgan fingerprint density at radius 1 is 1.45 bits per heavy atom. The highest BCUT2D eigenvalue weighted by molar-refractivity contribution is 4.74. The summed E-state index contributed by atoms with van der Waals surface area (Å²) in [4.78, 5) is 3.51. The maximum atomic E-state index is 11.6. The maximum absolute atomic E-state index is 11.6. The number of nitrogens with zero attached hydrogens (tertiary/aromatic N) is 3. The molecule has 0 N–H and O–H groups in total. The van der Waals surface area contributed by atoms with Gasteiger partial charge >= 0.3 is 6.55 Å². The van der Waals surface area contributed by atoms with Crippen LogP contribution in [0.4, 0.5) is 8.78 Å². The summed E-state index contributed by atoms with van der Waals surface area (Å²) in [6.07, 6.45) is 1.00. The van der Waals surface area contributed by atoms with Gasteiger partial charge in [-0.3, -0.25) is 0 Å². The summed E-state index contributed by atoms with van der Waals surface area (Å²) in [5.74, 6) is 0.357. The second-order valence-corrected chi connectivity index (χ2v) is 1.55. The number of aromatic nitrogens is 3. The zero-order chi connectivity index (χ0) is 8.85. The number of hydrogen-bond acceptors (Lipinski definition) is 2. The highest BCUT2D eigenvalue weighted by atomic mass is 19.3. The van der Waals surface area contributed by atoms with E-state index in [-0.39, 0.29) is 0 Å². The van der Waals surface area contributed by atoms with E-state index in [1.165, 1.54) is 0 Å². The summed E-state index contributed by atoms with van der Waals surface area (Å²) in [7, 11) is 0. The summed E-state index contributed by atoms with van der Waals surface area (Å²) >= 11 is 0. The van der Waals surface area contributed by atoms with Gasteiger partial charge in [0.25, 0.3) is 0 Å². The molecular weight excluding hydrogens is 152 g/mol. The molecule has 0 atom stereocenters. The van der Waals surface area contributed by atoms with Crippen LogP contribution >= 0.6 is 0 Å². The molecule has 64 valence electrons. The van der Waals surface area contributed by atoms with Gasteiger partial charge in [-0.2, -0.15) is 18.6 Å². The smallest absolute Gasteiger partial charge is 0.220 e. The molecule has 0 unspecified atom stereocenters. The lowest BCUT2D eigenvalue weighted by Crippen LogP contribution is -1.97. The fourth-order valence-corrected chi connectivity index (χ4v) is 0.455. The molecule has 0 fully saturated rings. The standard InChI is InChI=1S/C4H5F2N3.C2H6/c1-3-7-2-9(8-3)4(5)6;1-2/h2,4H,1H3;1-2H3. The van der Waals surface area contributed by atoms with Crippen molar-refractivity contribution in [3.8, 4) is 0 Å². The third-order valence-corrected chi connectivity index (χ3v) is 0.823. The average molecular weight is 163 g/mol. The van der Waals surface area contributed by atoms with Gasteiger partial charge in [-0.1, -0.05) is 13.8 Å². The first-order valence-electron chi connectivity index (χ1n) is 3.36. The predicted octanol–water partition coefficient (Wildman–Crippen LogP) is 2.01.